The van der Waals surface area contributed by atoms with Crippen molar-refractivity contribution in [1.29, 1.82) is 0 Å². The van der Waals surface area contributed by atoms with E-state index in [1.165, 1.54) is 11.2 Å². The molecular formula is C23H26FN3O5S. The highest BCUT2D eigenvalue weighted by atomic mass is 32.2. The van der Waals surface area contributed by atoms with Gasteiger partial charge in [-0.15, -0.1) is 0 Å². The molecule has 1 atom stereocenters. The summed E-state index contributed by atoms with van der Waals surface area (Å²) >= 11 is 0. The lowest BCUT2D eigenvalue weighted by Crippen LogP contribution is -2.41. The van der Waals surface area contributed by atoms with Crippen molar-refractivity contribution in [3.8, 4) is 11.5 Å². The van der Waals surface area contributed by atoms with Gasteiger partial charge in [-0.1, -0.05) is 24.3 Å². The van der Waals surface area contributed by atoms with Crippen molar-refractivity contribution in [3.05, 3.63) is 83.7 Å². The Morgan fingerprint density at radius 2 is 1.33 bits per heavy atom. The summed E-state index contributed by atoms with van der Waals surface area (Å²) in [6, 6.07) is 14.1. The number of benzene rings is 2. The number of hydrogen-bond acceptors (Lipinski definition) is 7. The molecular weight excluding hydrogens is 449 g/mol. The monoisotopic (exact) mass is 475 g/mol. The van der Waals surface area contributed by atoms with Gasteiger partial charge in [0.1, 0.15) is 22.9 Å². The molecule has 176 valence electrons. The fraction of sp³-hybridized carbons (Fsp3) is 0.304. The van der Waals surface area contributed by atoms with Crippen LogP contribution in [0.4, 0.5) is 4.39 Å². The zero-order valence-electron chi connectivity index (χ0n) is 18.6. The van der Waals surface area contributed by atoms with Gasteiger partial charge in [0.2, 0.25) is 10.0 Å². The number of methoxy groups -OCH3 is 2. The second kappa shape index (κ2) is 10.2. The van der Waals surface area contributed by atoms with Gasteiger partial charge in [0.25, 0.3) is 0 Å². The Kier molecular flexibility index (Phi) is 7.62. The average molecular weight is 476 g/mol. The maximum Gasteiger partial charge on any atom is 0.218 e. The minimum Gasteiger partial charge on any atom is -0.497 e. The van der Waals surface area contributed by atoms with Gasteiger partial charge in [-0.2, -0.15) is 4.31 Å². The second-order valence-corrected chi connectivity index (χ2v) is 9.69. The van der Waals surface area contributed by atoms with Gasteiger partial charge in [-0.05, 0) is 42.3 Å². The molecule has 3 rings (SSSR count). The normalized spacial score (nSPS) is 13.5. The summed E-state index contributed by atoms with van der Waals surface area (Å²) in [5, 5.41) is 10.8. The molecule has 0 aliphatic rings. The van der Waals surface area contributed by atoms with E-state index in [4.69, 9.17) is 9.47 Å². The number of halogens is 1. The highest BCUT2D eigenvalue weighted by Gasteiger charge is 2.36. The maximum atomic E-state index is 13.4. The summed E-state index contributed by atoms with van der Waals surface area (Å²) in [6.45, 7) is 1.42. The highest BCUT2D eigenvalue weighted by molar-refractivity contribution is 7.89. The molecule has 0 unspecified atom stereocenters. The molecule has 0 saturated heterocycles. The molecule has 0 aliphatic heterocycles. The lowest BCUT2D eigenvalue weighted by atomic mass is 10.1. The van der Waals surface area contributed by atoms with Crippen LogP contribution in [-0.2, 0) is 28.7 Å². The first-order valence-electron chi connectivity index (χ1n) is 10.1. The number of aromatic nitrogens is 2. The van der Waals surface area contributed by atoms with Gasteiger partial charge in [-0.25, -0.2) is 22.8 Å². The topological polar surface area (TPSA) is 102 Å². The van der Waals surface area contributed by atoms with Crippen molar-refractivity contribution in [1.82, 2.24) is 14.3 Å². The van der Waals surface area contributed by atoms with Gasteiger partial charge in [0.05, 0.1) is 26.6 Å². The van der Waals surface area contributed by atoms with Crippen LogP contribution in [0.15, 0.2) is 60.9 Å². The third kappa shape index (κ3) is 6.47. The quantitative estimate of drug-likeness (QED) is 0.481. The molecule has 0 spiro atoms. The number of sulfonamides is 1. The van der Waals surface area contributed by atoms with Gasteiger partial charge < -0.3 is 14.6 Å². The molecule has 0 amide bonds. The first kappa shape index (κ1) is 24.6. The Morgan fingerprint density at radius 3 is 1.73 bits per heavy atom. The lowest BCUT2D eigenvalue weighted by molar-refractivity contribution is 0.0703. The van der Waals surface area contributed by atoms with E-state index in [0.29, 0.717) is 11.5 Å². The van der Waals surface area contributed by atoms with Crippen LogP contribution in [-0.4, -0.2) is 47.8 Å². The van der Waals surface area contributed by atoms with E-state index in [0.717, 1.165) is 23.5 Å². The Morgan fingerprint density at radius 1 is 0.909 bits per heavy atom. The predicted octanol–water partition coefficient (Wildman–Crippen LogP) is 2.87. The van der Waals surface area contributed by atoms with Crippen LogP contribution in [0.2, 0.25) is 0 Å². The van der Waals surface area contributed by atoms with E-state index < -0.39 is 27.2 Å². The third-order valence-electron chi connectivity index (χ3n) is 4.99. The van der Waals surface area contributed by atoms with E-state index in [9.17, 15) is 17.9 Å². The molecule has 0 aliphatic carbocycles. The number of ether oxygens (including phenoxy) is 2. The fourth-order valence-electron chi connectivity index (χ4n) is 3.22. The average Bonchev–Trinajstić information content (AvgIpc) is 2.79. The number of aliphatic hydroxyl groups is 1. The fourth-order valence-corrected chi connectivity index (χ4v) is 4.94. The molecule has 2 aromatic carbocycles. The zero-order valence-corrected chi connectivity index (χ0v) is 19.4. The van der Waals surface area contributed by atoms with E-state index in [1.54, 1.807) is 62.8 Å². The highest BCUT2D eigenvalue weighted by Crippen LogP contribution is 2.24. The van der Waals surface area contributed by atoms with E-state index >= 15 is 0 Å². The van der Waals surface area contributed by atoms with Crippen LogP contribution in [0.5, 0.6) is 11.5 Å². The number of hydrogen-bond donors (Lipinski definition) is 1. The standard InChI is InChI=1S/C23H26FN3O5S/c1-23(28,22-25-12-19(24)13-26-22)16-33(29,30)27(14-17-4-8-20(31-2)9-5-17)15-18-6-10-21(32-3)11-7-18/h4-13,28H,14-16H2,1-3H3/t23-/m1/s1. The van der Waals surface area contributed by atoms with Crippen molar-refractivity contribution >= 4 is 10.0 Å². The number of rotatable bonds is 10. The van der Waals surface area contributed by atoms with Crippen LogP contribution >= 0.6 is 0 Å². The minimum absolute atomic E-state index is 0.0682. The second-order valence-electron chi connectivity index (χ2n) is 7.72. The first-order chi connectivity index (χ1) is 15.6. The molecule has 0 radical (unpaired) electrons. The predicted molar refractivity (Wildman–Crippen MR) is 121 cm³/mol. The van der Waals surface area contributed by atoms with Crippen molar-refractivity contribution in [2.75, 3.05) is 20.0 Å². The van der Waals surface area contributed by atoms with Crippen LogP contribution in [0, 0.1) is 5.82 Å². The van der Waals surface area contributed by atoms with Gasteiger partial charge in [0.15, 0.2) is 11.6 Å². The number of nitrogens with zero attached hydrogens (tertiary/aromatic N) is 3. The Balaban J connectivity index is 1.89. The molecule has 1 N–H and O–H groups in total. The SMILES string of the molecule is COc1ccc(CN(Cc2ccc(OC)cc2)S(=O)(=O)C[C@@](C)(O)c2ncc(F)cn2)cc1. The van der Waals surface area contributed by atoms with Crippen molar-refractivity contribution < 1.29 is 27.4 Å². The van der Waals surface area contributed by atoms with Crippen LogP contribution in [0.1, 0.15) is 23.9 Å². The molecule has 0 saturated carbocycles. The maximum absolute atomic E-state index is 13.4. The molecule has 1 aromatic heterocycles. The van der Waals surface area contributed by atoms with E-state index in [2.05, 4.69) is 9.97 Å². The lowest BCUT2D eigenvalue weighted by Gasteiger charge is -2.28. The zero-order chi connectivity index (χ0) is 24.1. The summed E-state index contributed by atoms with van der Waals surface area (Å²) in [5.41, 5.74) is -0.443. The summed E-state index contributed by atoms with van der Waals surface area (Å²) in [4.78, 5) is 7.51. The van der Waals surface area contributed by atoms with Crippen molar-refractivity contribution in [2.45, 2.75) is 25.6 Å². The smallest absolute Gasteiger partial charge is 0.218 e. The van der Waals surface area contributed by atoms with Crippen LogP contribution in [0.25, 0.3) is 0 Å². The van der Waals surface area contributed by atoms with E-state index in [1.807, 2.05) is 0 Å². The summed E-state index contributed by atoms with van der Waals surface area (Å²) in [7, 11) is -0.918. The van der Waals surface area contributed by atoms with Gasteiger partial charge >= 0.3 is 0 Å². The molecule has 0 bridgehead atoms. The molecule has 3 aromatic rings. The van der Waals surface area contributed by atoms with Gasteiger partial charge in [0, 0.05) is 13.1 Å². The Labute approximate surface area is 192 Å². The third-order valence-corrected chi connectivity index (χ3v) is 6.97. The molecule has 10 heteroatoms. The van der Waals surface area contributed by atoms with Gasteiger partial charge in [-0.3, -0.25) is 0 Å². The Hall–Kier alpha value is -3.08. The van der Waals surface area contributed by atoms with Crippen molar-refractivity contribution in [3.63, 3.8) is 0 Å². The minimum atomic E-state index is -4.02. The Bertz CT molecular complexity index is 1100. The molecule has 33 heavy (non-hydrogen) atoms. The molecule has 1 heterocycles. The largest absolute Gasteiger partial charge is 0.497 e. The molecule has 8 nitrogen and oxygen atoms in total. The summed E-state index contributed by atoms with van der Waals surface area (Å²) in [5.74, 6) is -0.239. The summed E-state index contributed by atoms with van der Waals surface area (Å²) < 4.78 is 51.6. The van der Waals surface area contributed by atoms with E-state index in [-0.39, 0.29) is 18.9 Å². The summed E-state index contributed by atoms with van der Waals surface area (Å²) in [6.07, 6.45) is 1.77. The van der Waals surface area contributed by atoms with Crippen LogP contribution < -0.4 is 9.47 Å². The van der Waals surface area contributed by atoms with Crippen LogP contribution in [0.3, 0.4) is 0 Å². The first-order valence-corrected chi connectivity index (χ1v) is 11.7. The van der Waals surface area contributed by atoms with Crippen molar-refractivity contribution in [2.24, 2.45) is 0 Å². The molecule has 0 fully saturated rings.